The molecule has 1 saturated carbocycles. The lowest BCUT2D eigenvalue weighted by Crippen LogP contribution is -2.43. The first kappa shape index (κ1) is 17.9. The average molecular weight is 396 g/mol. The highest BCUT2D eigenvalue weighted by atomic mass is 16.5. The van der Waals surface area contributed by atoms with Crippen molar-refractivity contribution in [2.45, 2.75) is 18.8 Å². The summed E-state index contributed by atoms with van der Waals surface area (Å²) in [7, 11) is 1.48. The van der Waals surface area contributed by atoms with Gasteiger partial charge in [-0.15, -0.1) is 0 Å². The first-order valence-corrected chi connectivity index (χ1v) is 9.67. The van der Waals surface area contributed by atoms with E-state index in [9.17, 15) is 24.3 Å². The molecule has 1 aromatic carbocycles. The molecule has 3 fully saturated rings. The molecule has 2 heterocycles. The highest BCUT2D eigenvalue weighted by molar-refractivity contribution is 6.07. The average Bonchev–Trinajstić information content (AvgIpc) is 3.15. The number of fused-ring (bicyclic) bond motifs is 4. The molecule has 0 spiro atoms. The van der Waals surface area contributed by atoms with Crippen LogP contribution in [0.15, 0.2) is 29.8 Å². The number of carbonyl (C=O) groups is 4. The predicted octanol–water partition coefficient (Wildman–Crippen LogP) is 0.612. The maximum absolute atomic E-state index is 12.7. The fourth-order valence-corrected chi connectivity index (χ4v) is 5.71. The van der Waals surface area contributed by atoms with Gasteiger partial charge in [0.25, 0.3) is 0 Å². The number of carbonyl (C=O) groups excluding carboxylic acids is 4. The van der Waals surface area contributed by atoms with Gasteiger partial charge in [-0.1, -0.05) is 17.7 Å². The van der Waals surface area contributed by atoms with Crippen LogP contribution in [0.4, 0.5) is 0 Å². The van der Waals surface area contributed by atoms with Gasteiger partial charge >= 0.3 is 0 Å². The SMILES string of the molecule is COc1cc(O)ccc1C1C2=CCC3C(=O)NC(=O)C3C2CC2C(=O)NC(=O)C21. The standard InChI is InChI=1S/C21H20N2O6/c1-29-14-6-8(24)2-3-10(14)15-9-4-5-11-16(20(27)22-18(11)25)12(9)7-13-17(15)21(28)23-19(13)26/h2-4,6,11-13,15-17,24H,5,7H2,1H3,(H,22,25,27)(H,23,26,28). The molecule has 6 unspecified atom stereocenters. The van der Waals surface area contributed by atoms with E-state index in [0.29, 0.717) is 24.2 Å². The number of phenolic OH excluding ortho intramolecular Hbond substituents is 1. The van der Waals surface area contributed by atoms with Crippen LogP contribution in [-0.4, -0.2) is 35.8 Å². The Morgan fingerprint density at radius 3 is 2.34 bits per heavy atom. The molecule has 4 amide bonds. The van der Waals surface area contributed by atoms with Crippen LogP contribution in [0, 0.1) is 29.6 Å². The minimum Gasteiger partial charge on any atom is -0.508 e. The first-order chi connectivity index (χ1) is 13.9. The Balaban J connectivity index is 1.68. The van der Waals surface area contributed by atoms with E-state index in [4.69, 9.17) is 4.74 Å². The minimum atomic E-state index is -0.611. The van der Waals surface area contributed by atoms with Crippen LogP contribution in [0.5, 0.6) is 11.5 Å². The van der Waals surface area contributed by atoms with Crippen molar-refractivity contribution in [2.24, 2.45) is 29.6 Å². The quantitative estimate of drug-likeness (QED) is 0.497. The molecule has 3 N–H and O–H groups in total. The molecule has 150 valence electrons. The van der Waals surface area contributed by atoms with Crippen molar-refractivity contribution in [3.8, 4) is 11.5 Å². The Bertz CT molecular complexity index is 999. The van der Waals surface area contributed by atoms with Gasteiger partial charge in [0, 0.05) is 17.5 Å². The number of nitrogens with one attached hydrogen (secondary N) is 2. The van der Waals surface area contributed by atoms with Crippen LogP contribution in [0.3, 0.4) is 0 Å². The summed E-state index contributed by atoms with van der Waals surface area (Å²) in [5, 5.41) is 14.7. The molecule has 8 heteroatoms. The van der Waals surface area contributed by atoms with Crippen LogP contribution >= 0.6 is 0 Å². The molecule has 0 bridgehead atoms. The summed E-state index contributed by atoms with van der Waals surface area (Å²) >= 11 is 0. The van der Waals surface area contributed by atoms with Crippen LogP contribution in [0.1, 0.15) is 24.3 Å². The number of phenols is 1. The number of hydrogen-bond acceptors (Lipinski definition) is 6. The fraction of sp³-hybridized carbons (Fsp3) is 0.429. The van der Waals surface area contributed by atoms with E-state index in [2.05, 4.69) is 10.6 Å². The van der Waals surface area contributed by atoms with E-state index in [0.717, 1.165) is 5.57 Å². The highest BCUT2D eigenvalue weighted by Crippen LogP contribution is 2.57. The summed E-state index contributed by atoms with van der Waals surface area (Å²) in [6, 6.07) is 4.69. The lowest BCUT2D eigenvalue weighted by Gasteiger charge is -2.44. The largest absolute Gasteiger partial charge is 0.508 e. The van der Waals surface area contributed by atoms with Crippen molar-refractivity contribution < 1.29 is 29.0 Å². The van der Waals surface area contributed by atoms with Gasteiger partial charge in [0.2, 0.25) is 23.6 Å². The van der Waals surface area contributed by atoms with E-state index in [1.54, 1.807) is 6.07 Å². The van der Waals surface area contributed by atoms with Gasteiger partial charge < -0.3 is 9.84 Å². The number of imide groups is 2. The first-order valence-electron chi connectivity index (χ1n) is 9.67. The number of rotatable bonds is 2. The Kier molecular flexibility index (Phi) is 3.81. The van der Waals surface area contributed by atoms with E-state index in [1.165, 1.54) is 19.2 Å². The van der Waals surface area contributed by atoms with E-state index < -0.39 is 29.6 Å². The molecule has 0 aromatic heterocycles. The maximum Gasteiger partial charge on any atom is 0.231 e. The van der Waals surface area contributed by atoms with Gasteiger partial charge in [-0.25, -0.2) is 0 Å². The number of hydrogen-bond donors (Lipinski definition) is 3. The third-order valence-corrected chi connectivity index (χ3v) is 6.89. The molecule has 2 saturated heterocycles. The number of amides is 4. The zero-order valence-corrected chi connectivity index (χ0v) is 15.7. The van der Waals surface area contributed by atoms with Gasteiger partial charge in [0.1, 0.15) is 11.5 Å². The third kappa shape index (κ3) is 2.44. The maximum atomic E-state index is 12.7. The molecule has 1 aromatic rings. The fourth-order valence-electron chi connectivity index (χ4n) is 5.71. The van der Waals surface area contributed by atoms with Gasteiger partial charge in [-0.2, -0.15) is 0 Å². The zero-order chi connectivity index (χ0) is 20.4. The van der Waals surface area contributed by atoms with Crippen molar-refractivity contribution in [1.82, 2.24) is 10.6 Å². The second-order valence-electron chi connectivity index (χ2n) is 8.16. The van der Waals surface area contributed by atoms with Crippen molar-refractivity contribution in [1.29, 1.82) is 0 Å². The number of aromatic hydroxyl groups is 1. The lowest BCUT2D eigenvalue weighted by atomic mass is 9.57. The summed E-state index contributed by atoms with van der Waals surface area (Å²) in [5.74, 6) is -3.74. The topological polar surface area (TPSA) is 122 Å². The molecule has 4 aliphatic rings. The van der Waals surface area contributed by atoms with E-state index in [-0.39, 0.29) is 35.3 Å². The molecule has 6 atom stereocenters. The lowest BCUT2D eigenvalue weighted by molar-refractivity contribution is -0.128. The van der Waals surface area contributed by atoms with Crippen LogP contribution < -0.4 is 15.4 Å². The number of ether oxygens (including phenoxy) is 1. The third-order valence-electron chi connectivity index (χ3n) is 6.89. The molecule has 29 heavy (non-hydrogen) atoms. The molecule has 2 aliphatic heterocycles. The van der Waals surface area contributed by atoms with Crippen LogP contribution in [0.2, 0.25) is 0 Å². The van der Waals surface area contributed by atoms with Crippen molar-refractivity contribution in [3.05, 3.63) is 35.4 Å². The summed E-state index contributed by atoms with van der Waals surface area (Å²) in [5.41, 5.74) is 1.58. The summed E-state index contributed by atoms with van der Waals surface area (Å²) < 4.78 is 5.46. The summed E-state index contributed by atoms with van der Waals surface area (Å²) in [6.45, 7) is 0. The number of benzene rings is 1. The van der Waals surface area contributed by atoms with Crippen molar-refractivity contribution in [3.63, 3.8) is 0 Å². The monoisotopic (exact) mass is 396 g/mol. The Labute approximate surface area is 166 Å². The second-order valence-corrected chi connectivity index (χ2v) is 8.16. The van der Waals surface area contributed by atoms with E-state index >= 15 is 0 Å². The smallest absolute Gasteiger partial charge is 0.231 e. The minimum absolute atomic E-state index is 0.0277. The van der Waals surface area contributed by atoms with Crippen molar-refractivity contribution >= 4 is 23.6 Å². The summed E-state index contributed by atoms with van der Waals surface area (Å²) in [6.07, 6.45) is 2.72. The van der Waals surface area contributed by atoms with E-state index in [1.807, 2.05) is 6.08 Å². The van der Waals surface area contributed by atoms with Crippen LogP contribution in [-0.2, 0) is 19.2 Å². The second kappa shape index (κ2) is 6.17. The molecule has 0 radical (unpaired) electrons. The van der Waals surface area contributed by atoms with Gasteiger partial charge in [0.05, 0.1) is 30.8 Å². The zero-order valence-electron chi connectivity index (χ0n) is 15.7. The molecule has 5 rings (SSSR count). The summed E-state index contributed by atoms with van der Waals surface area (Å²) in [4.78, 5) is 50.0. The molecule has 8 nitrogen and oxygen atoms in total. The molecular weight excluding hydrogens is 376 g/mol. The van der Waals surface area contributed by atoms with Crippen molar-refractivity contribution in [2.75, 3.05) is 7.11 Å². The van der Waals surface area contributed by atoms with Gasteiger partial charge in [-0.05, 0) is 24.8 Å². The van der Waals surface area contributed by atoms with Crippen LogP contribution in [0.25, 0.3) is 0 Å². The predicted molar refractivity (Wildman–Crippen MR) is 98.5 cm³/mol. The normalized spacial score (nSPS) is 35.3. The van der Waals surface area contributed by atoms with Gasteiger partial charge in [-0.3, -0.25) is 29.8 Å². The number of methoxy groups -OCH3 is 1. The Morgan fingerprint density at radius 2 is 1.62 bits per heavy atom. The van der Waals surface area contributed by atoms with Gasteiger partial charge in [0.15, 0.2) is 0 Å². The Hall–Kier alpha value is -3.16. The number of allylic oxidation sites excluding steroid dienone is 2. The molecular formula is C21H20N2O6. The highest BCUT2D eigenvalue weighted by Gasteiger charge is 2.59. The Morgan fingerprint density at radius 1 is 0.931 bits per heavy atom. The molecule has 2 aliphatic carbocycles.